The predicted octanol–water partition coefficient (Wildman–Crippen LogP) is 2.21. The molecular weight excluding hydrogens is 294 g/mol. The zero-order valence-corrected chi connectivity index (χ0v) is 12.3. The molecule has 0 fully saturated rings. The number of sulfonamides is 1. The van der Waals surface area contributed by atoms with Crippen LogP contribution in [0.2, 0.25) is 0 Å². The van der Waals surface area contributed by atoms with Crippen LogP contribution in [0.3, 0.4) is 0 Å². The second-order valence-electron chi connectivity index (χ2n) is 4.14. The van der Waals surface area contributed by atoms with E-state index < -0.39 is 10.0 Å². The molecule has 0 aliphatic rings. The van der Waals surface area contributed by atoms with Gasteiger partial charge in [0.2, 0.25) is 0 Å². The third kappa shape index (κ3) is 3.19. The van der Waals surface area contributed by atoms with Gasteiger partial charge in [0.1, 0.15) is 22.9 Å². The Bertz CT molecular complexity index is 726. The summed E-state index contributed by atoms with van der Waals surface area (Å²) >= 11 is 0. The van der Waals surface area contributed by atoms with Gasteiger partial charge >= 0.3 is 0 Å². The Morgan fingerprint density at radius 2 is 1.67 bits per heavy atom. The summed E-state index contributed by atoms with van der Waals surface area (Å²) in [4.78, 5) is 0.0496. The number of rotatable bonds is 5. The summed E-state index contributed by atoms with van der Waals surface area (Å²) in [5.41, 5.74) is -0.00387. The summed E-state index contributed by atoms with van der Waals surface area (Å²) in [5.74, 6) is 0.563. The Balaban J connectivity index is 2.37. The molecule has 2 aromatic rings. The Kier molecular flexibility index (Phi) is 4.23. The van der Waals surface area contributed by atoms with E-state index in [1.807, 2.05) is 0 Å². The standard InChI is InChI=1S/C14H15NO5S/c1-19-10-6-8-11(9-7-10)21(17,18)15-14-12(16)4-3-5-13(14)20-2/h3-9,15-16H,1-2H3. The van der Waals surface area contributed by atoms with Crippen molar-refractivity contribution < 1.29 is 23.0 Å². The van der Waals surface area contributed by atoms with Crippen molar-refractivity contribution in [3.05, 3.63) is 42.5 Å². The van der Waals surface area contributed by atoms with Gasteiger partial charge in [-0.15, -0.1) is 0 Å². The lowest BCUT2D eigenvalue weighted by atomic mass is 10.3. The van der Waals surface area contributed by atoms with Crippen LogP contribution in [0.25, 0.3) is 0 Å². The van der Waals surface area contributed by atoms with Crippen LogP contribution in [-0.4, -0.2) is 27.7 Å². The molecule has 0 bridgehead atoms. The number of aromatic hydroxyl groups is 1. The molecule has 0 unspecified atom stereocenters. The number of methoxy groups -OCH3 is 2. The Morgan fingerprint density at radius 1 is 1.00 bits per heavy atom. The van der Waals surface area contributed by atoms with Crippen LogP contribution in [0, 0.1) is 0 Å². The van der Waals surface area contributed by atoms with Gasteiger partial charge in [0.15, 0.2) is 0 Å². The lowest BCUT2D eigenvalue weighted by Gasteiger charge is -2.13. The maximum atomic E-state index is 12.3. The molecule has 2 rings (SSSR count). The molecule has 2 aromatic carbocycles. The van der Waals surface area contributed by atoms with E-state index >= 15 is 0 Å². The summed E-state index contributed by atoms with van der Waals surface area (Å²) in [6.07, 6.45) is 0. The normalized spacial score (nSPS) is 11.0. The van der Waals surface area contributed by atoms with Crippen molar-refractivity contribution in [2.45, 2.75) is 4.90 Å². The van der Waals surface area contributed by atoms with Gasteiger partial charge in [-0.25, -0.2) is 8.42 Å². The summed E-state index contributed by atoms with van der Waals surface area (Å²) < 4.78 is 36.9. The molecule has 0 saturated carbocycles. The number of phenolic OH excluding ortho intramolecular Hbond substituents is 1. The lowest BCUT2D eigenvalue weighted by molar-refractivity contribution is 0.411. The molecule has 0 amide bonds. The lowest BCUT2D eigenvalue weighted by Crippen LogP contribution is -2.13. The molecule has 6 nitrogen and oxygen atoms in total. The molecule has 0 aliphatic carbocycles. The van der Waals surface area contributed by atoms with Crippen LogP contribution < -0.4 is 14.2 Å². The Hall–Kier alpha value is -2.41. The van der Waals surface area contributed by atoms with Crippen LogP contribution in [0.1, 0.15) is 0 Å². The topological polar surface area (TPSA) is 84.9 Å². The van der Waals surface area contributed by atoms with Crippen molar-refractivity contribution in [3.8, 4) is 17.2 Å². The molecule has 112 valence electrons. The molecule has 21 heavy (non-hydrogen) atoms. The van der Waals surface area contributed by atoms with E-state index in [-0.39, 0.29) is 22.1 Å². The number of hydrogen-bond acceptors (Lipinski definition) is 5. The van der Waals surface area contributed by atoms with Crippen LogP contribution in [-0.2, 0) is 10.0 Å². The van der Waals surface area contributed by atoms with Crippen molar-refractivity contribution in [1.82, 2.24) is 0 Å². The van der Waals surface area contributed by atoms with Crippen LogP contribution >= 0.6 is 0 Å². The summed E-state index contributed by atoms with van der Waals surface area (Å²) in [7, 11) is -0.955. The maximum absolute atomic E-state index is 12.3. The van der Waals surface area contributed by atoms with E-state index in [1.54, 1.807) is 12.1 Å². The summed E-state index contributed by atoms with van der Waals surface area (Å²) in [6.45, 7) is 0. The zero-order valence-electron chi connectivity index (χ0n) is 11.5. The van der Waals surface area contributed by atoms with Crippen molar-refractivity contribution in [2.75, 3.05) is 18.9 Å². The van der Waals surface area contributed by atoms with Gasteiger partial charge in [0.25, 0.3) is 10.0 Å². The fraction of sp³-hybridized carbons (Fsp3) is 0.143. The molecule has 0 saturated heterocycles. The third-order valence-corrected chi connectivity index (χ3v) is 4.20. The largest absolute Gasteiger partial charge is 0.506 e. The predicted molar refractivity (Wildman–Crippen MR) is 78.5 cm³/mol. The van der Waals surface area contributed by atoms with Crippen LogP contribution in [0.4, 0.5) is 5.69 Å². The first-order valence-corrected chi connectivity index (χ1v) is 7.49. The van der Waals surface area contributed by atoms with E-state index in [0.29, 0.717) is 5.75 Å². The second-order valence-corrected chi connectivity index (χ2v) is 5.82. The van der Waals surface area contributed by atoms with Crippen molar-refractivity contribution in [1.29, 1.82) is 0 Å². The monoisotopic (exact) mass is 309 g/mol. The molecule has 0 spiro atoms. The highest BCUT2D eigenvalue weighted by molar-refractivity contribution is 7.92. The minimum atomic E-state index is -3.84. The van der Waals surface area contributed by atoms with Crippen molar-refractivity contribution >= 4 is 15.7 Å². The number of anilines is 1. The van der Waals surface area contributed by atoms with E-state index in [9.17, 15) is 13.5 Å². The fourth-order valence-corrected chi connectivity index (χ4v) is 2.83. The van der Waals surface area contributed by atoms with E-state index in [1.165, 1.54) is 44.6 Å². The van der Waals surface area contributed by atoms with Gasteiger partial charge < -0.3 is 14.6 Å². The highest BCUT2D eigenvalue weighted by atomic mass is 32.2. The van der Waals surface area contributed by atoms with Crippen LogP contribution in [0.15, 0.2) is 47.4 Å². The van der Waals surface area contributed by atoms with Gasteiger partial charge in [-0.05, 0) is 36.4 Å². The third-order valence-electron chi connectivity index (χ3n) is 2.83. The first kappa shape index (κ1) is 15.0. The van der Waals surface area contributed by atoms with Gasteiger partial charge in [-0.2, -0.15) is 0 Å². The summed E-state index contributed by atoms with van der Waals surface area (Å²) in [6, 6.07) is 10.4. The first-order valence-electron chi connectivity index (χ1n) is 6.01. The van der Waals surface area contributed by atoms with Gasteiger partial charge in [0.05, 0.1) is 19.1 Å². The summed E-state index contributed by atoms with van der Waals surface area (Å²) in [5, 5.41) is 9.79. The Labute approximate surface area is 123 Å². The zero-order chi connectivity index (χ0) is 15.5. The smallest absolute Gasteiger partial charge is 0.262 e. The maximum Gasteiger partial charge on any atom is 0.262 e. The van der Waals surface area contributed by atoms with Crippen molar-refractivity contribution in [2.24, 2.45) is 0 Å². The highest BCUT2D eigenvalue weighted by Crippen LogP contribution is 2.35. The molecule has 0 heterocycles. The van der Waals surface area contributed by atoms with E-state index in [2.05, 4.69) is 4.72 Å². The molecule has 7 heteroatoms. The minimum Gasteiger partial charge on any atom is -0.506 e. The molecule has 0 atom stereocenters. The highest BCUT2D eigenvalue weighted by Gasteiger charge is 2.19. The number of ether oxygens (including phenoxy) is 2. The van der Waals surface area contributed by atoms with Crippen LogP contribution in [0.5, 0.6) is 17.2 Å². The van der Waals surface area contributed by atoms with Gasteiger partial charge in [-0.3, -0.25) is 4.72 Å². The first-order chi connectivity index (χ1) is 9.97. The molecule has 2 N–H and O–H groups in total. The Morgan fingerprint density at radius 3 is 2.24 bits per heavy atom. The van der Waals surface area contributed by atoms with E-state index in [0.717, 1.165) is 0 Å². The number of benzene rings is 2. The quantitative estimate of drug-likeness (QED) is 0.827. The SMILES string of the molecule is COc1ccc(S(=O)(=O)Nc2c(O)cccc2OC)cc1. The average molecular weight is 309 g/mol. The number of nitrogens with one attached hydrogen (secondary N) is 1. The fourth-order valence-electron chi connectivity index (χ4n) is 1.74. The van der Waals surface area contributed by atoms with Crippen molar-refractivity contribution in [3.63, 3.8) is 0 Å². The van der Waals surface area contributed by atoms with Gasteiger partial charge in [0, 0.05) is 0 Å². The molecule has 0 radical (unpaired) electrons. The second kappa shape index (κ2) is 5.92. The average Bonchev–Trinajstić information content (AvgIpc) is 2.49. The number of para-hydroxylation sites is 1. The molecular formula is C14H15NO5S. The number of hydrogen-bond donors (Lipinski definition) is 2. The van der Waals surface area contributed by atoms with Gasteiger partial charge in [-0.1, -0.05) is 6.07 Å². The molecule has 0 aliphatic heterocycles. The minimum absolute atomic E-state index is 0.00387. The van der Waals surface area contributed by atoms with E-state index in [4.69, 9.17) is 9.47 Å². The molecule has 0 aromatic heterocycles. The number of phenols is 1.